The molecule has 1 unspecified atom stereocenters. The van der Waals surface area contributed by atoms with Crippen molar-refractivity contribution in [2.24, 2.45) is 0 Å². The first-order valence-corrected chi connectivity index (χ1v) is 6.91. The van der Waals surface area contributed by atoms with Crippen LogP contribution in [0.1, 0.15) is 53.0 Å². The first-order valence-electron chi connectivity index (χ1n) is 6.91. The Morgan fingerprint density at radius 2 is 1.78 bits per heavy atom. The third kappa shape index (κ3) is 6.06. The highest BCUT2D eigenvalue weighted by Gasteiger charge is 2.08. The van der Waals surface area contributed by atoms with Crippen molar-refractivity contribution in [2.45, 2.75) is 65.6 Å². The van der Waals surface area contributed by atoms with E-state index >= 15 is 0 Å². The summed E-state index contributed by atoms with van der Waals surface area (Å²) in [7, 11) is 0. The van der Waals surface area contributed by atoms with E-state index in [-0.39, 0.29) is 5.54 Å². The summed E-state index contributed by atoms with van der Waals surface area (Å²) in [5, 5.41) is 3.48. The molecule has 0 bridgehead atoms. The van der Waals surface area contributed by atoms with E-state index in [4.69, 9.17) is 4.74 Å². The molecule has 1 atom stereocenters. The Labute approximate surface area is 112 Å². The van der Waals surface area contributed by atoms with Gasteiger partial charge in [-0.2, -0.15) is 0 Å². The first kappa shape index (κ1) is 15.0. The predicted octanol–water partition coefficient (Wildman–Crippen LogP) is 4.14. The Bertz CT molecular complexity index is 337. The molecule has 0 aliphatic carbocycles. The van der Waals surface area contributed by atoms with Crippen LogP contribution in [-0.4, -0.2) is 11.6 Å². The molecule has 1 aromatic carbocycles. The molecule has 18 heavy (non-hydrogen) atoms. The van der Waals surface area contributed by atoms with Crippen molar-refractivity contribution in [3.63, 3.8) is 0 Å². The van der Waals surface area contributed by atoms with E-state index in [0.717, 1.165) is 25.1 Å². The highest BCUT2D eigenvalue weighted by molar-refractivity contribution is 5.27. The summed E-state index contributed by atoms with van der Waals surface area (Å²) in [5.74, 6) is 0.968. The second kappa shape index (κ2) is 6.79. The van der Waals surface area contributed by atoms with Crippen molar-refractivity contribution in [3.05, 3.63) is 29.8 Å². The van der Waals surface area contributed by atoms with Crippen molar-refractivity contribution in [1.82, 2.24) is 5.32 Å². The van der Waals surface area contributed by atoms with Crippen LogP contribution in [0.25, 0.3) is 0 Å². The molecule has 0 saturated heterocycles. The average Bonchev–Trinajstić information content (AvgIpc) is 2.27. The largest absolute Gasteiger partial charge is 0.491 e. The van der Waals surface area contributed by atoms with Crippen molar-refractivity contribution >= 4 is 0 Å². The molecule has 2 nitrogen and oxygen atoms in total. The van der Waals surface area contributed by atoms with Crippen LogP contribution in [0.4, 0.5) is 0 Å². The lowest BCUT2D eigenvalue weighted by atomic mass is 10.1. The van der Waals surface area contributed by atoms with Crippen molar-refractivity contribution in [2.75, 3.05) is 0 Å². The third-order valence-electron chi connectivity index (χ3n) is 2.78. The van der Waals surface area contributed by atoms with E-state index < -0.39 is 0 Å². The van der Waals surface area contributed by atoms with Crippen molar-refractivity contribution in [3.8, 4) is 5.75 Å². The molecule has 102 valence electrons. The zero-order chi connectivity index (χ0) is 13.6. The molecule has 1 rings (SSSR count). The van der Waals surface area contributed by atoms with Crippen LogP contribution in [0.2, 0.25) is 0 Å². The van der Waals surface area contributed by atoms with Gasteiger partial charge in [0.05, 0.1) is 6.10 Å². The summed E-state index contributed by atoms with van der Waals surface area (Å²) in [6.45, 7) is 11.7. The van der Waals surface area contributed by atoms with Gasteiger partial charge in [0.1, 0.15) is 5.75 Å². The third-order valence-corrected chi connectivity index (χ3v) is 2.78. The molecule has 0 fully saturated rings. The number of ether oxygens (including phenoxy) is 1. The van der Waals surface area contributed by atoms with Crippen molar-refractivity contribution in [1.29, 1.82) is 0 Å². The molecule has 1 aromatic rings. The van der Waals surface area contributed by atoms with Gasteiger partial charge in [-0.25, -0.2) is 0 Å². The molecule has 0 radical (unpaired) electrons. The molecule has 0 aromatic heterocycles. The Kier molecular flexibility index (Phi) is 5.67. The van der Waals surface area contributed by atoms with Gasteiger partial charge in [0.25, 0.3) is 0 Å². The molecule has 0 saturated carbocycles. The van der Waals surface area contributed by atoms with E-state index in [2.05, 4.69) is 64.2 Å². The summed E-state index contributed by atoms with van der Waals surface area (Å²) < 4.78 is 5.83. The lowest BCUT2D eigenvalue weighted by Crippen LogP contribution is -2.35. The maximum Gasteiger partial charge on any atom is 0.119 e. The number of hydrogen-bond donors (Lipinski definition) is 1. The summed E-state index contributed by atoms with van der Waals surface area (Å²) in [4.78, 5) is 0. The second-order valence-electron chi connectivity index (χ2n) is 5.96. The quantitative estimate of drug-likeness (QED) is 0.818. The maximum absolute atomic E-state index is 5.83. The second-order valence-corrected chi connectivity index (χ2v) is 5.96. The maximum atomic E-state index is 5.83. The molecule has 1 N–H and O–H groups in total. The van der Waals surface area contributed by atoms with Gasteiger partial charge < -0.3 is 10.1 Å². The van der Waals surface area contributed by atoms with Gasteiger partial charge >= 0.3 is 0 Å². The Hall–Kier alpha value is -1.02. The Morgan fingerprint density at radius 1 is 1.17 bits per heavy atom. The van der Waals surface area contributed by atoms with Crippen LogP contribution < -0.4 is 10.1 Å². The zero-order valence-corrected chi connectivity index (χ0v) is 12.4. The van der Waals surface area contributed by atoms with E-state index in [1.807, 2.05) is 0 Å². The van der Waals surface area contributed by atoms with Gasteiger partial charge in [0, 0.05) is 12.1 Å². The fourth-order valence-corrected chi connectivity index (χ4v) is 1.75. The average molecular weight is 249 g/mol. The van der Waals surface area contributed by atoms with Gasteiger partial charge in [0.2, 0.25) is 0 Å². The Morgan fingerprint density at radius 3 is 2.28 bits per heavy atom. The summed E-state index contributed by atoms with van der Waals surface area (Å²) in [6, 6.07) is 8.39. The molecule has 0 spiro atoms. The molecule has 0 heterocycles. The van der Waals surface area contributed by atoms with Gasteiger partial charge in [-0.1, -0.05) is 25.5 Å². The molecule has 2 heteroatoms. The van der Waals surface area contributed by atoms with Gasteiger partial charge in [0.15, 0.2) is 0 Å². The number of hydrogen-bond acceptors (Lipinski definition) is 2. The lowest BCUT2D eigenvalue weighted by Gasteiger charge is -2.20. The highest BCUT2D eigenvalue weighted by atomic mass is 16.5. The van der Waals surface area contributed by atoms with Crippen LogP contribution in [0.15, 0.2) is 24.3 Å². The van der Waals surface area contributed by atoms with Crippen LogP contribution in [-0.2, 0) is 6.54 Å². The number of benzene rings is 1. The molecule has 0 aliphatic heterocycles. The molecular formula is C16H27NO. The minimum Gasteiger partial charge on any atom is -0.491 e. The van der Waals surface area contributed by atoms with Crippen LogP contribution in [0.5, 0.6) is 5.75 Å². The first-order chi connectivity index (χ1) is 8.40. The van der Waals surface area contributed by atoms with Gasteiger partial charge in [-0.3, -0.25) is 0 Å². The normalized spacial score (nSPS) is 13.4. The van der Waals surface area contributed by atoms with E-state index in [0.29, 0.717) is 6.10 Å². The predicted molar refractivity (Wildman–Crippen MR) is 78.0 cm³/mol. The highest BCUT2D eigenvalue weighted by Crippen LogP contribution is 2.16. The fraction of sp³-hybridized carbons (Fsp3) is 0.625. The number of nitrogens with one attached hydrogen (secondary N) is 1. The van der Waals surface area contributed by atoms with Crippen molar-refractivity contribution < 1.29 is 4.74 Å². The minimum absolute atomic E-state index is 0.158. The van der Waals surface area contributed by atoms with Crippen LogP contribution >= 0.6 is 0 Å². The van der Waals surface area contributed by atoms with Gasteiger partial charge in [-0.05, 0) is 51.8 Å². The van der Waals surface area contributed by atoms with Crippen LogP contribution in [0.3, 0.4) is 0 Å². The SMILES string of the molecule is CCCC(C)Oc1ccc(CNC(C)(C)C)cc1. The topological polar surface area (TPSA) is 21.3 Å². The summed E-state index contributed by atoms with van der Waals surface area (Å²) in [5.41, 5.74) is 1.45. The van der Waals surface area contributed by atoms with E-state index in [1.54, 1.807) is 0 Å². The van der Waals surface area contributed by atoms with E-state index in [1.165, 1.54) is 5.56 Å². The molecule has 0 amide bonds. The standard InChI is InChI=1S/C16H27NO/c1-6-7-13(2)18-15-10-8-14(9-11-15)12-17-16(3,4)5/h8-11,13,17H,6-7,12H2,1-5H3. The van der Waals surface area contributed by atoms with E-state index in [9.17, 15) is 0 Å². The molecule has 0 aliphatic rings. The smallest absolute Gasteiger partial charge is 0.119 e. The summed E-state index contributed by atoms with van der Waals surface area (Å²) in [6.07, 6.45) is 2.57. The Balaban J connectivity index is 2.47. The summed E-state index contributed by atoms with van der Waals surface area (Å²) >= 11 is 0. The molecular weight excluding hydrogens is 222 g/mol. The van der Waals surface area contributed by atoms with Crippen LogP contribution in [0, 0.1) is 0 Å². The number of rotatable bonds is 6. The lowest BCUT2D eigenvalue weighted by molar-refractivity contribution is 0.210. The van der Waals surface area contributed by atoms with Gasteiger partial charge in [-0.15, -0.1) is 0 Å². The minimum atomic E-state index is 0.158. The monoisotopic (exact) mass is 249 g/mol. The zero-order valence-electron chi connectivity index (χ0n) is 12.4. The fourth-order valence-electron chi connectivity index (χ4n) is 1.75.